The molecule has 0 radical (unpaired) electrons. The van der Waals surface area contributed by atoms with Gasteiger partial charge in [-0.15, -0.1) is 0 Å². The number of piperazine rings is 1. The molecule has 1 fully saturated rings. The molecule has 156 valence electrons. The van der Waals surface area contributed by atoms with Gasteiger partial charge in [0, 0.05) is 50.5 Å². The van der Waals surface area contributed by atoms with Crippen LogP contribution in [-0.4, -0.2) is 32.1 Å². The highest BCUT2D eigenvalue weighted by Crippen LogP contribution is 2.22. The number of hydrogen-bond donors (Lipinski definition) is 1. The topological polar surface area (TPSA) is 35.6 Å². The molecule has 3 rings (SSSR count). The fourth-order valence-electron chi connectivity index (χ4n) is 3.82. The minimum Gasteiger partial charge on any atom is -0.368 e. The molecule has 1 N–H and O–H groups in total. The predicted molar refractivity (Wildman–Crippen MR) is 123 cm³/mol. The Labute approximate surface area is 175 Å². The van der Waals surface area contributed by atoms with Gasteiger partial charge in [-0.1, -0.05) is 44.5 Å². The van der Waals surface area contributed by atoms with Gasteiger partial charge in [0.05, 0.1) is 0 Å². The van der Waals surface area contributed by atoms with Crippen molar-refractivity contribution in [2.75, 3.05) is 36.0 Å². The number of hydrogen-bond acceptors (Lipinski definition) is 3. The van der Waals surface area contributed by atoms with Crippen molar-refractivity contribution in [1.29, 1.82) is 0 Å². The highest BCUT2D eigenvalue weighted by atomic mass is 16.1. The van der Waals surface area contributed by atoms with Crippen LogP contribution in [0.4, 0.5) is 11.4 Å². The second-order valence-corrected chi connectivity index (χ2v) is 7.94. The van der Waals surface area contributed by atoms with Gasteiger partial charge in [-0.2, -0.15) is 0 Å². The average molecular weight is 394 g/mol. The van der Waals surface area contributed by atoms with Crippen LogP contribution >= 0.6 is 0 Å². The summed E-state index contributed by atoms with van der Waals surface area (Å²) in [4.78, 5) is 16.6. The van der Waals surface area contributed by atoms with Crippen LogP contribution in [0.2, 0.25) is 0 Å². The number of anilines is 2. The molecule has 1 saturated heterocycles. The Balaban J connectivity index is 1.48. The summed E-state index contributed by atoms with van der Waals surface area (Å²) in [6.45, 7) is 9.03. The summed E-state index contributed by atoms with van der Waals surface area (Å²) in [5.74, 6) is 0.131. The molecule has 0 unspecified atom stereocenters. The zero-order valence-corrected chi connectivity index (χ0v) is 18.0. The van der Waals surface area contributed by atoms with Gasteiger partial charge >= 0.3 is 0 Å². The minimum atomic E-state index is 0.131. The number of nitrogens with zero attached hydrogens (tertiary/aromatic N) is 2. The lowest BCUT2D eigenvalue weighted by molar-refractivity contribution is -0.121. The van der Waals surface area contributed by atoms with Crippen LogP contribution in [0, 0.1) is 0 Å². The van der Waals surface area contributed by atoms with E-state index in [-0.39, 0.29) is 5.91 Å². The fraction of sp³-hybridized carbons (Fsp3) is 0.480. The molecule has 2 aromatic rings. The Morgan fingerprint density at radius 2 is 1.31 bits per heavy atom. The molecular formula is C25H35N3O. The Hall–Kier alpha value is -2.49. The lowest BCUT2D eigenvalue weighted by Crippen LogP contribution is -2.46. The molecule has 4 heteroatoms. The zero-order valence-electron chi connectivity index (χ0n) is 18.0. The Kier molecular flexibility index (Phi) is 7.97. The number of benzene rings is 2. The van der Waals surface area contributed by atoms with Gasteiger partial charge in [0.15, 0.2) is 0 Å². The summed E-state index contributed by atoms with van der Waals surface area (Å²) in [6, 6.07) is 17.8. The smallest absolute Gasteiger partial charge is 0.220 e. The van der Waals surface area contributed by atoms with Gasteiger partial charge < -0.3 is 15.1 Å². The minimum absolute atomic E-state index is 0.131. The van der Waals surface area contributed by atoms with Crippen LogP contribution in [0.15, 0.2) is 48.5 Å². The molecule has 29 heavy (non-hydrogen) atoms. The van der Waals surface area contributed by atoms with E-state index in [1.165, 1.54) is 36.2 Å². The molecule has 0 saturated carbocycles. The van der Waals surface area contributed by atoms with Crippen LogP contribution in [-0.2, 0) is 17.8 Å². The van der Waals surface area contributed by atoms with Crippen molar-refractivity contribution in [3.05, 3.63) is 59.7 Å². The molecule has 1 amide bonds. The second-order valence-electron chi connectivity index (χ2n) is 7.94. The van der Waals surface area contributed by atoms with Crippen LogP contribution in [0.1, 0.15) is 50.7 Å². The number of carbonyl (C=O) groups is 1. The largest absolute Gasteiger partial charge is 0.368 e. The fourth-order valence-corrected chi connectivity index (χ4v) is 3.82. The number of amides is 1. The number of aryl methyl sites for hydroxylation is 1. The summed E-state index contributed by atoms with van der Waals surface area (Å²) in [5.41, 5.74) is 5.20. The quantitative estimate of drug-likeness (QED) is 0.666. The first-order chi connectivity index (χ1) is 14.2. The Morgan fingerprint density at radius 3 is 1.79 bits per heavy atom. The third kappa shape index (κ3) is 6.25. The SMILES string of the molecule is CCCCc1ccc(N2CCN(c3ccc(CNC(=O)CCC)cc3)CC2)cc1. The molecule has 2 aromatic carbocycles. The van der Waals surface area contributed by atoms with Gasteiger partial charge in [0.25, 0.3) is 0 Å². The van der Waals surface area contributed by atoms with Crippen molar-refractivity contribution in [2.45, 2.75) is 52.5 Å². The van der Waals surface area contributed by atoms with Gasteiger partial charge in [-0.3, -0.25) is 4.79 Å². The summed E-state index contributed by atoms with van der Waals surface area (Å²) < 4.78 is 0. The summed E-state index contributed by atoms with van der Waals surface area (Å²) in [6.07, 6.45) is 5.19. The van der Waals surface area contributed by atoms with E-state index in [1.807, 2.05) is 6.92 Å². The number of unbranched alkanes of at least 4 members (excludes halogenated alkanes) is 1. The van der Waals surface area contributed by atoms with E-state index in [9.17, 15) is 4.79 Å². The maximum atomic E-state index is 11.6. The second kappa shape index (κ2) is 10.9. The lowest BCUT2D eigenvalue weighted by atomic mass is 10.1. The van der Waals surface area contributed by atoms with Crippen molar-refractivity contribution in [2.24, 2.45) is 0 Å². The highest BCUT2D eigenvalue weighted by molar-refractivity contribution is 5.75. The maximum Gasteiger partial charge on any atom is 0.220 e. The van der Waals surface area contributed by atoms with Crippen LogP contribution in [0.3, 0.4) is 0 Å². The van der Waals surface area contributed by atoms with Gasteiger partial charge in [0.1, 0.15) is 0 Å². The van der Waals surface area contributed by atoms with E-state index in [2.05, 4.69) is 70.6 Å². The molecule has 1 heterocycles. The molecule has 0 atom stereocenters. The van der Waals surface area contributed by atoms with Crippen molar-refractivity contribution < 1.29 is 4.79 Å². The Bertz CT molecular complexity index is 747. The predicted octanol–water partition coefficient (Wildman–Crippen LogP) is 4.77. The monoisotopic (exact) mass is 393 g/mol. The first-order valence-electron chi connectivity index (χ1n) is 11.1. The molecule has 0 bridgehead atoms. The highest BCUT2D eigenvalue weighted by Gasteiger charge is 2.17. The van der Waals surface area contributed by atoms with Gasteiger partial charge in [-0.25, -0.2) is 0 Å². The van der Waals surface area contributed by atoms with Crippen LogP contribution in [0.25, 0.3) is 0 Å². The van der Waals surface area contributed by atoms with Crippen molar-refractivity contribution in [3.8, 4) is 0 Å². The van der Waals surface area contributed by atoms with Crippen LogP contribution in [0.5, 0.6) is 0 Å². The van der Waals surface area contributed by atoms with E-state index in [0.29, 0.717) is 13.0 Å². The van der Waals surface area contributed by atoms with E-state index in [0.717, 1.165) is 38.2 Å². The standard InChI is InChI=1S/C25H35N3O/c1-3-5-7-21-8-12-23(13-9-21)27-16-18-28(19-17-27)24-14-10-22(11-15-24)20-26-25(29)6-4-2/h8-15H,3-7,16-20H2,1-2H3,(H,26,29). The molecule has 4 nitrogen and oxygen atoms in total. The third-order valence-electron chi connectivity index (χ3n) is 5.67. The summed E-state index contributed by atoms with van der Waals surface area (Å²) >= 11 is 0. The van der Waals surface area contributed by atoms with Gasteiger partial charge in [0.2, 0.25) is 5.91 Å². The van der Waals surface area contributed by atoms with E-state index >= 15 is 0 Å². The van der Waals surface area contributed by atoms with Crippen LogP contribution < -0.4 is 15.1 Å². The van der Waals surface area contributed by atoms with Crippen molar-refractivity contribution >= 4 is 17.3 Å². The van der Waals surface area contributed by atoms with E-state index in [1.54, 1.807) is 0 Å². The number of rotatable bonds is 9. The zero-order chi connectivity index (χ0) is 20.5. The summed E-state index contributed by atoms with van der Waals surface area (Å²) in [7, 11) is 0. The number of carbonyl (C=O) groups excluding carboxylic acids is 1. The summed E-state index contributed by atoms with van der Waals surface area (Å²) in [5, 5.41) is 2.98. The third-order valence-corrected chi connectivity index (χ3v) is 5.67. The normalized spacial score (nSPS) is 14.1. The lowest BCUT2D eigenvalue weighted by Gasteiger charge is -2.37. The molecular weight excluding hydrogens is 358 g/mol. The van der Waals surface area contributed by atoms with Crippen molar-refractivity contribution in [1.82, 2.24) is 5.32 Å². The molecule has 0 aliphatic carbocycles. The van der Waals surface area contributed by atoms with Crippen molar-refractivity contribution in [3.63, 3.8) is 0 Å². The molecule has 0 aromatic heterocycles. The van der Waals surface area contributed by atoms with E-state index < -0.39 is 0 Å². The van der Waals surface area contributed by atoms with E-state index in [4.69, 9.17) is 0 Å². The molecule has 0 spiro atoms. The maximum absolute atomic E-state index is 11.6. The average Bonchev–Trinajstić information content (AvgIpc) is 2.77. The number of nitrogens with one attached hydrogen (secondary N) is 1. The molecule has 1 aliphatic heterocycles. The molecule has 1 aliphatic rings. The first-order valence-corrected chi connectivity index (χ1v) is 11.1. The first kappa shape index (κ1) is 21.2. The Morgan fingerprint density at radius 1 is 0.793 bits per heavy atom. The van der Waals surface area contributed by atoms with Gasteiger partial charge in [-0.05, 0) is 54.7 Å².